The largest absolute Gasteiger partial charge is 0.360 e. The van der Waals surface area contributed by atoms with Crippen LogP contribution in [0.4, 0.5) is 11.4 Å². The number of rotatable bonds is 9. The van der Waals surface area contributed by atoms with Crippen LogP contribution in [0.25, 0.3) is 11.8 Å². The number of benzene rings is 2. The van der Waals surface area contributed by atoms with Crippen molar-refractivity contribution in [2.24, 2.45) is 0 Å². The zero-order chi connectivity index (χ0) is 29.2. The predicted octanol–water partition coefficient (Wildman–Crippen LogP) is 2.02. The van der Waals surface area contributed by atoms with Crippen LogP contribution in [0.3, 0.4) is 0 Å². The first-order chi connectivity index (χ1) is 19.9. The number of nitrogens with zero attached hydrogens (tertiary/aromatic N) is 3. The molecule has 0 unspecified atom stereocenters. The number of carbonyl (C=O) groups is 2. The van der Waals surface area contributed by atoms with E-state index < -0.39 is 5.91 Å². The number of terminal acetylenes is 1. The molecule has 4 rings (SSSR count). The molecule has 210 valence electrons. The van der Waals surface area contributed by atoms with Gasteiger partial charge in [-0.25, -0.2) is 0 Å². The lowest BCUT2D eigenvalue weighted by Gasteiger charge is -2.31. The van der Waals surface area contributed by atoms with Gasteiger partial charge in [0.25, 0.3) is 11.5 Å². The highest BCUT2D eigenvalue weighted by Crippen LogP contribution is 2.27. The van der Waals surface area contributed by atoms with E-state index in [0.29, 0.717) is 28.4 Å². The molecule has 1 aromatic heterocycles. The van der Waals surface area contributed by atoms with Gasteiger partial charge >= 0.3 is 0 Å². The minimum Gasteiger partial charge on any atom is -0.360 e. The molecule has 0 saturated carbocycles. The van der Waals surface area contributed by atoms with Gasteiger partial charge in [-0.1, -0.05) is 42.3 Å². The molecule has 41 heavy (non-hydrogen) atoms. The monoisotopic (exact) mass is 568 g/mol. The zero-order valence-corrected chi connectivity index (χ0v) is 23.7. The molecule has 0 spiro atoms. The first-order valence-corrected chi connectivity index (χ1v) is 14.2. The van der Waals surface area contributed by atoms with E-state index in [4.69, 9.17) is 6.42 Å². The lowest BCUT2D eigenvalue weighted by Crippen LogP contribution is -2.38. The second kappa shape index (κ2) is 14.1. The summed E-state index contributed by atoms with van der Waals surface area (Å²) in [5.74, 6) is 2.11. The fraction of sp³-hybridized carbons (Fsp3) is 0.290. The molecule has 10 heteroatoms. The Hall–Kier alpha value is -4.64. The summed E-state index contributed by atoms with van der Waals surface area (Å²) in [6, 6.07) is 19.6. The van der Waals surface area contributed by atoms with Gasteiger partial charge in [-0.15, -0.1) is 17.8 Å². The molecule has 1 aliphatic rings. The third-order valence-electron chi connectivity index (χ3n) is 6.87. The van der Waals surface area contributed by atoms with Gasteiger partial charge in [0.15, 0.2) is 5.57 Å². The number of likely N-dealkylation sites (tertiary alicyclic amines) is 1. The SMILES string of the molecule is C#CCNC(=O)/C(C#N)=c1\s/c(=C/Nc2cccc(NC(=O)CN3CCC(c4ccccc4)CC3)c2)c(=O)n1CC. The number of hydrogen-bond acceptors (Lipinski definition) is 7. The standard InChI is InChI=1S/C31H32N6O3S/c1-3-15-33-29(39)26(19-32)31-37(4-2)30(40)27(41-31)20-34-24-11-8-12-25(18-24)35-28(38)21-36-16-13-23(14-17-36)22-9-6-5-7-10-22/h1,5-12,18,20,23,34H,4,13-17,21H2,2H3,(H,33,39)(H,35,38)/b27-20+,31-26-. The van der Waals surface area contributed by atoms with E-state index in [9.17, 15) is 19.6 Å². The van der Waals surface area contributed by atoms with Crippen molar-refractivity contribution in [3.05, 3.63) is 79.7 Å². The van der Waals surface area contributed by atoms with E-state index in [0.717, 1.165) is 37.3 Å². The van der Waals surface area contributed by atoms with E-state index in [1.165, 1.54) is 16.3 Å². The third kappa shape index (κ3) is 7.52. The molecule has 2 aromatic carbocycles. The number of thiazole rings is 1. The molecule has 3 N–H and O–H groups in total. The molecule has 1 aliphatic heterocycles. The van der Waals surface area contributed by atoms with Crippen LogP contribution in [0, 0.1) is 23.7 Å². The van der Waals surface area contributed by atoms with E-state index in [1.54, 1.807) is 25.1 Å². The van der Waals surface area contributed by atoms with E-state index in [-0.39, 0.29) is 34.8 Å². The van der Waals surface area contributed by atoms with Crippen molar-refractivity contribution >= 4 is 46.3 Å². The van der Waals surface area contributed by atoms with E-state index >= 15 is 0 Å². The summed E-state index contributed by atoms with van der Waals surface area (Å²) in [7, 11) is 0. The molecular weight excluding hydrogens is 536 g/mol. The van der Waals surface area contributed by atoms with Crippen molar-refractivity contribution in [3.8, 4) is 18.4 Å². The number of piperidine rings is 1. The predicted molar refractivity (Wildman–Crippen MR) is 162 cm³/mol. The molecule has 1 saturated heterocycles. The van der Waals surface area contributed by atoms with Crippen LogP contribution < -0.4 is 30.7 Å². The maximum absolute atomic E-state index is 13.0. The normalized spacial score (nSPS) is 15.0. The number of nitrogens with one attached hydrogen (secondary N) is 3. The topological polar surface area (TPSA) is 119 Å². The summed E-state index contributed by atoms with van der Waals surface area (Å²) < 4.78 is 1.97. The van der Waals surface area contributed by atoms with E-state index in [2.05, 4.69) is 51.0 Å². The van der Waals surface area contributed by atoms with Crippen LogP contribution in [0.1, 0.15) is 31.2 Å². The van der Waals surface area contributed by atoms with Gasteiger partial charge in [0.2, 0.25) is 5.91 Å². The zero-order valence-electron chi connectivity index (χ0n) is 22.9. The Morgan fingerprint density at radius 3 is 2.54 bits per heavy atom. The second-order valence-electron chi connectivity index (χ2n) is 9.57. The van der Waals surface area contributed by atoms with Crippen LogP contribution in [-0.2, 0) is 16.1 Å². The average Bonchev–Trinajstić information content (AvgIpc) is 3.30. The van der Waals surface area contributed by atoms with Crippen molar-refractivity contribution in [1.29, 1.82) is 5.26 Å². The molecule has 0 radical (unpaired) electrons. The maximum Gasteiger partial charge on any atom is 0.270 e. The highest BCUT2D eigenvalue weighted by atomic mass is 32.1. The van der Waals surface area contributed by atoms with Crippen LogP contribution >= 0.6 is 11.3 Å². The minimum absolute atomic E-state index is 0.0219. The second-order valence-corrected chi connectivity index (χ2v) is 10.6. The molecule has 2 heterocycles. The van der Waals surface area contributed by atoms with Gasteiger partial charge in [-0.2, -0.15) is 5.26 Å². The van der Waals surface area contributed by atoms with Gasteiger partial charge in [-0.3, -0.25) is 23.9 Å². The molecule has 9 nitrogen and oxygen atoms in total. The molecule has 0 aliphatic carbocycles. The fourth-order valence-electron chi connectivity index (χ4n) is 4.80. The number of amides is 2. The Morgan fingerprint density at radius 1 is 1.12 bits per heavy atom. The molecule has 3 aromatic rings. The Labute approximate surface area is 242 Å². The third-order valence-corrected chi connectivity index (χ3v) is 8.00. The number of anilines is 2. The Kier molecular flexibility index (Phi) is 10.1. The van der Waals surface area contributed by atoms with Crippen LogP contribution in [0.5, 0.6) is 0 Å². The van der Waals surface area contributed by atoms with Crippen molar-refractivity contribution in [2.45, 2.75) is 32.2 Å². The summed E-state index contributed by atoms with van der Waals surface area (Å²) in [6.45, 7) is 4.10. The van der Waals surface area contributed by atoms with Crippen LogP contribution in [0.2, 0.25) is 0 Å². The number of hydrogen-bond donors (Lipinski definition) is 3. The number of carbonyl (C=O) groups excluding carboxylic acids is 2. The maximum atomic E-state index is 13.0. The summed E-state index contributed by atoms with van der Waals surface area (Å²) in [4.78, 5) is 40.3. The first-order valence-electron chi connectivity index (χ1n) is 13.4. The van der Waals surface area contributed by atoms with Crippen LogP contribution in [0.15, 0.2) is 59.4 Å². The quantitative estimate of drug-likeness (QED) is 0.340. The lowest BCUT2D eigenvalue weighted by atomic mass is 9.89. The van der Waals surface area contributed by atoms with Gasteiger partial charge in [0.05, 0.1) is 13.1 Å². The van der Waals surface area contributed by atoms with Crippen molar-refractivity contribution in [2.75, 3.05) is 36.8 Å². The highest BCUT2D eigenvalue weighted by molar-refractivity contribution is 7.07. The minimum atomic E-state index is -0.627. The summed E-state index contributed by atoms with van der Waals surface area (Å²) in [5, 5.41) is 18.1. The molecule has 0 bridgehead atoms. The van der Waals surface area contributed by atoms with Crippen molar-refractivity contribution < 1.29 is 9.59 Å². The van der Waals surface area contributed by atoms with Gasteiger partial charge in [-0.05, 0) is 62.5 Å². The highest BCUT2D eigenvalue weighted by Gasteiger charge is 2.22. The smallest absolute Gasteiger partial charge is 0.270 e. The van der Waals surface area contributed by atoms with E-state index in [1.807, 2.05) is 18.2 Å². The van der Waals surface area contributed by atoms with Crippen molar-refractivity contribution in [1.82, 2.24) is 14.8 Å². The summed E-state index contributed by atoms with van der Waals surface area (Å²) >= 11 is 1.04. The Morgan fingerprint density at radius 2 is 1.85 bits per heavy atom. The number of aromatic nitrogens is 1. The van der Waals surface area contributed by atoms with Gasteiger partial charge < -0.3 is 16.0 Å². The Bertz CT molecular complexity index is 1650. The fourth-order valence-corrected chi connectivity index (χ4v) is 5.88. The summed E-state index contributed by atoms with van der Waals surface area (Å²) in [5.41, 5.74) is 2.17. The van der Waals surface area contributed by atoms with Gasteiger partial charge in [0.1, 0.15) is 15.3 Å². The first kappa shape index (κ1) is 29.3. The Balaban J connectivity index is 1.41. The van der Waals surface area contributed by atoms with Crippen molar-refractivity contribution in [3.63, 3.8) is 0 Å². The molecule has 2 amide bonds. The molecular formula is C31H32N6O3S. The average molecular weight is 569 g/mol. The van der Waals surface area contributed by atoms with Gasteiger partial charge in [0, 0.05) is 24.1 Å². The number of nitriles is 1. The molecule has 1 fully saturated rings. The summed E-state index contributed by atoms with van der Waals surface area (Å²) in [6.07, 6.45) is 8.78. The lowest BCUT2D eigenvalue weighted by molar-refractivity contribution is -0.117. The van der Waals surface area contributed by atoms with Crippen LogP contribution in [-0.4, -0.2) is 47.5 Å². The molecule has 0 atom stereocenters.